The summed E-state index contributed by atoms with van der Waals surface area (Å²) in [7, 11) is 0. The molecule has 0 amide bonds. The minimum absolute atomic E-state index is 0.565. The molecule has 0 aliphatic carbocycles. The zero-order valence-electron chi connectivity index (χ0n) is 6.70. The van der Waals surface area contributed by atoms with Crippen LogP contribution in [0.4, 0.5) is 0 Å². The van der Waals surface area contributed by atoms with Gasteiger partial charge in [-0.25, -0.2) is 0 Å². The molecule has 3 nitrogen and oxygen atoms in total. The summed E-state index contributed by atoms with van der Waals surface area (Å²) in [5.41, 5.74) is 6.50. The normalized spacial score (nSPS) is 11.1. The van der Waals surface area contributed by atoms with Gasteiger partial charge in [-0.3, -0.25) is 4.68 Å². The van der Waals surface area contributed by atoms with E-state index in [1.807, 2.05) is 30.0 Å². The van der Waals surface area contributed by atoms with E-state index < -0.39 is 0 Å². The second-order valence-corrected chi connectivity index (χ2v) is 2.34. The van der Waals surface area contributed by atoms with Crippen molar-refractivity contribution in [1.82, 2.24) is 9.78 Å². The van der Waals surface area contributed by atoms with Crippen LogP contribution in [0.15, 0.2) is 24.5 Å². The third-order valence-electron chi connectivity index (χ3n) is 1.45. The molecule has 0 fully saturated rings. The largest absolute Gasteiger partial charge is 0.326 e. The predicted molar refractivity (Wildman–Crippen MR) is 44.9 cm³/mol. The highest BCUT2D eigenvalue weighted by Gasteiger charge is 1.92. The lowest BCUT2D eigenvalue weighted by molar-refractivity contribution is 0.700. The zero-order chi connectivity index (χ0) is 8.10. The molecule has 1 aromatic heterocycles. The van der Waals surface area contributed by atoms with E-state index in [9.17, 15) is 0 Å². The maximum Gasteiger partial charge on any atom is 0.0589 e. The van der Waals surface area contributed by atoms with Gasteiger partial charge in [-0.05, 0) is 6.92 Å². The van der Waals surface area contributed by atoms with Crippen LogP contribution in [0.25, 0.3) is 0 Å². The van der Waals surface area contributed by atoms with Crippen LogP contribution in [0, 0.1) is 0 Å². The monoisotopic (exact) mass is 151 g/mol. The lowest BCUT2D eigenvalue weighted by Gasteiger charge is -1.92. The Morgan fingerprint density at radius 3 is 3.09 bits per heavy atom. The standard InChI is InChI=1S/C8H13N3/c1-2-3-4-11-7-8(5-9)6-10-11/h2-3,6-7H,4-5,9H2,1H3/b3-2+. The third kappa shape index (κ3) is 2.20. The highest BCUT2D eigenvalue weighted by molar-refractivity contribution is 5.03. The molecule has 11 heavy (non-hydrogen) atoms. The first-order valence-electron chi connectivity index (χ1n) is 3.69. The smallest absolute Gasteiger partial charge is 0.0589 e. The van der Waals surface area contributed by atoms with Crippen molar-refractivity contribution < 1.29 is 0 Å². The van der Waals surface area contributed by atoms with Crippen LogP contribution in [0.5, 0.6) is 0 Å². The second-order valence-electron chi connectivity index (χ2n) is 2.34. The summed E-state index contributed by atoms with van der Waals surface area (Å²) in [6.45, 7) is 3.39. The fraction of sp³-hybridized carbons (Fsp3) is 0.375. The number of allylic oxidation sites excluding steroid dienone is 2. The minimum atomic E-state index is 0.565. The van der Waals surface area contributed by atoms with E-state index in [4.69, 9.17) is 5.73 Å². The molecule has 0 unspecified atom stereocenters. The second kappa shape index (κ2) is 3.93. The molecular weight excluding hydrogens is 138 g/mol. The highest BCUT2D eigenvalue weighted by atomic mass is 15.3. The molecule has 0 aromatic carbocycles. The van der Waals surface area contributed by atoms with Crippen molar-refractivity contribution in [2.45, 2.75) is 20.0 Å². The van der Waals surface area contributed by atoms with Gasteiger partial charge in [0.15, 0.2) is 0 Å². The summed E-state index contributed by atoms with van der Waals surface area (Å²) in [5, 5.41) is 4.11. The molecule has 0 bridgehead atoms. The predicted octanol–water partition coefficient (Wildman–Crippen LogP) is 0.918. The molecule has 60 valence electrons. The Morgan fingerprint density at radius 1 is 1.73 bits per heavy atom. The Morgan fingerprint density at radius 2 is 2.55 bits per heavy atom. The summed E-state index contributed by atoms with van der Waals surface area (Å²) in [5.74, 6) is 0. The molecule has 3 heteroatoms. The van der Waals surface area contributed by atoms with Gasteiger partial charge in [0.05, 0.1) is 12.7 Å². The highest BCUT2D eigenvalue weighted by Crippen LogP contribution is 1.95. The van der Waals surface area contributed by atoms with Gasteiger partial charge in [-0.15, -0.1) is 0 Å². The van der Waals surface area contributed by atoms with E-state index in [2.05, 4.69) is 5.10 Å². The van der Waals surface area contributed by atoms with Crippen LogP contribution in [0.3, 0.4) is 0 Å². The molecule has 1 rings (SSSR count). The third-order valence-corrected chi connectivity index (χ3v) is 1.45. The lowest BCUT2D eigenvalue weighted by atomic mass is 10.4. The van der Waals surface area contributed by atoms with Crippen molar-refractivity contribution in [1.29, 1.82) is 0 Å². The average Bonchev–Trinajstić information content (AvgIpc) is 2.48. The SMILES string of the molecule is C/C=C/Cn1cc(CN)cn1. The molecule has 0 saturated heterocycles. The van der Waals surface area contributed by atoms with E-state index in [-0.39, 0.29) is 0 Å². The fourth-order valence-electron chi connectivity index (χ4n) is 0.825. The van der Waals surface area contributed by atoms with Crippen molar-refractivity contribution >= 4 is 0 Å². The Balaban J connectivity index is 2.58. The van der Waals surface area contributed by atoms with Crippen LogP contribution in [0.2, 0.25) is 0 Å². The first-order chi connectivity index (χ1) is 5.36. The van der Waals surface area contributed by atoms with Crippen molar-refractivity contribution in [3.63, 3.8) is 0 Å². The maximum atomic E-state index is 5.42. The molecule has 0 radical (unpaired) electrons. The van der Waals surface area contributed by atoms with Gasteiger partial charge < -0.3 is 5.73 Å². The molecule has 1 heterocycles. The minimum Gasteiger partial charge on any atom is -0.326 e. The summed E-state index contributed by atoms with van der Waals surface area (Å²) >= 11 is 0. The van der Waals surface area contributed by atoms with E-state index in [1.54, 1.807) is 6.20 Å². The summed E-state index contributed by atoms with van der Waals surface area (Å²) in [6, 6.07) is 0. The van der Waals surface area contributed by atoms with Gasteiger partial charge >= 0.3 is 0 Å². The molecule has 0 atom stereocenters. The maximum absolute atomic E-state index is 5.42. The van der Waals surface area contributed by atoms with Gasteiger partial charge in [0, 0.05) is 18.3 Å². The van der Waals surface area contributed by atoms with Crippen LogP contribution in [-0.4, -0.2) is 9.78 Å². The summed E-state index contributed by atoms with van der Waals surface area (Å²) < 4.78 is 1.86. The number of hydrogen-bond acceptors (Lipinski definition) is 2. The van der Waals surface area contributed by atoms with Crippen molar-refractivity contribution in [2.75, 3.05) is 0 Å². The van der Waals surface area contributed by atoms with Gasteiger partial charge in [0.2, 0.25) is 0 Å². The van der Waals surface area contributed by atoms with Crippen LogP contribution >= 0.6 is 0 Å². The number of aromatic nitrogens is 2. The molecule has 0 saturated carbocycles. The number of nitrogens with two attached hydrogens (primary N) is 1. The summed E-state index contributed by atoms with van der Waals surface area (Å²) in [4.78, 5) is 0. The quantitative estimate of drug-likeness (QED) is 0.653. The van der Waals surface area contributed by atoms with Crippen molar-refractivity contribution in [3.05, 3.63) is 30.1 Å². The van der Waals surface area contributed by atoms with Crippen molar-refractivity contribution in [2.24, 2.45) is 5.73 Å². The number of hydrogen-bond donors (Lipinski definition) is 1. The first kappa shape index (κ1) is 8.01. The Bertz CT molecular complexity index is 237. The first-order valence-corrected chi connectivity index (χ1v) is 3.69. The van der Waals surface area contributed by atoms with E-state index in [1.165, 1.54) is 0 Å². The molecule has 0 spiro atoms. The fourth-order valence-corrected chi connectivity index (χ4v) is 0.825. The molecule has 1 aromatic rings. The Labute approximate surface area is 66.5 Å². The van der Waals surface area contributed by atoms with Crippen LogP contribution in [0.1, 0.15) is 12.5 Å². The van der Waals surface area contributed by atoms with Gasteiger partial charge in [0.25, 0.3) is 0 Å². The Hall–Kier alpha value is -1.09. The number of nitrogens with zero attached hydrogens (tertiary/aromatic N) is 2. The van der Waals surface area contributed by atoms with Gasteiger partial charge in [-0.2, -0.15) is 5.10 Å². The van der Waals surface area contributed by atoms with Crippen molar-refractivity contribution in [3.8, 4) is 0 Å². The van der Waals surface area contributed by atoms with E-state index in [0.29, 0.717) is 6.54 Å². The molecule has 0 aliphatic heterocycles. The van der Waals surface area contributed by atoms with Crippen LogP contribution < -0.4 is 5.73 Å². The van der Waals surface area contributed by atoms with Gasteiger partial charge in [-0.1, -0.05) is 12.2 Å². The number of rotatable bonds is 3. The average molecular weight is 151 g/mol. The molecule has 2 N–H and O–H groups in total. The lowest BCUT2D eigenvalue weighted by Crippen LogP contribution is -1.96. The topological polar surface area (TPSA) is 43.8 Å². The van der Waals surface area contributed by atoms with Crippen LogP contribution in [-0.2, 0) is 13.1 Å². The van der Waals surface area contributed by atoms with E-state index in [0.717, 1.165) is 12.1 Å². The Kier molecular flexibility index (Phi) is 2.86. The van der Waals surface area contributed by atoms with Gasteiger partial charge in [0.1, 0.15) is 0 Å². The van der Waals surface area contributed by atoms with E-state index >= 15 is 0 Å². The zero-order valence-corrected chi connectivity index (χ0v) is 6.70. The molecular formula is C8H13N3. The molecule has 0 aliphatic rings. The summed E-state index contributed by atoms with van der Waals surface area (Å²) in [6.07, 6.45) is 7.81.